The Morgan fingerprint density at radius 3 is 2.48 bits per heavy atom. The Balaban J connectivity index is 1.89. The van der Waals surface area contributed by atoms with E-state index in [2.05, 4.69) is 5.32 Å². The maximum absolute atomic E-state index is 12.2. The zero-order chi connectivity index (χ0) is 18.2. The van der Waals surface area contributed by atoms with Gasteiger partial charge in [0.2, 0.25) is 0 Å². The number of carbonyl (C=O) groups is 1. The van der Waals surface area contributed by atoms with Gasteiger partial charge in [0.25, 0.3) is 5.91 Å². The van der Waals surface area contributed by atoms with E-state index in [1.165, 1.54) is 0 Å². The molecule has 0 saturated heterocycles. The molecule has 1 N–H and O–H groups in total. The van der Waals surface area contributed by atoms with Gasteiger partial charge < -0.3 is 19.5 Å². The van der Waals surface area contributed by atoms with E-state index < -0.39 is 6.10 Å². The van der Waals surface area contributed by atoms with Crippen molar-refractivity contribution < 1.29 is 19.0 Å². The largest absolute Gasteiger partial charge is 0.491 e. The van der Waals surface area contributed by atoms with Gasteiger partial charge in [0.1, 0.15) is 18.1 Å². The fourth-order valence-electron chi connectivity index (χ4n) is 1.94. The summed E-state index contributed by atoms with van der Waals surface area (Å²) in [5.41, 5.74) is 0.641. The van der Waals surface area contributed by atoms with E-state index in [0.29, 0.717) is 40.4 Å². The Morgan fingerprint density at radius 2 is 1.84 bits per heavy atom. The van der Waals surface area contributed by atoms with Crippen LogP contribution in [0.5, 0.6) is 11.5 Å². The summed E-state index contributed by atoms with van der Waals surface area (Å²) < 4.78 is 16.0. The molecule has 1 unspecified atom stereocenters. The van der Waals surface area contributed by atoms with Gasteiger partial charge in [-0.25, -0.2) is 0 Å². The van der Waals surface area contributed by atoms with Crippen LogP contribution in [0.25, 0.3) is 0 Å². The van der Waals surface area contributed by atoms with Crippen molar-refractivity contribution in [3.05, 3.63) is 52.5 Å². The molecule has 2 aromatic rings. The molecule has 2 rings (SSSR count). The lowest BCUT2D eigenvalue weighted by Gasteiger charge is -2.16. The second-order valence-corrected chi connectivity index (χ2v) is 6.03. The Kier molecular flexibility index (Phi) is 7.37. The molecule has 134 valence electrons. The van der Waals surface area contributed by atoms with Gasteiger partial charge in [0, 0.05) is 17.8 Å². The molecule has 1 amide bonds. The number of halogens is 2. The molecule has 5 nitrogen and oxygen atoms in total. The first-order chi connectivity index (χ1) is 12.0. The van der Waals surface area contributed by atoms with Gasteiger partial charge in [0.05, 0.1) is 11.6 Å². The van der Waals surface area contributed by atoms with E-state index in [9.17, 15) is 4.79 Å². The van der Waals surface area contributed by atoms with Crippen LogP contribution in [0.3, 0.4) is 0 Å². The van der Waals surface area contributed by atoms with Crippen LogP contribution in [-0.4, -0.2) is 32.3 Å². The summed E-state index contributed by atoms with van der Waals surface area (Å²) in [6.45, 7) is 2.62. The first-order valence-corrected chi connectivity index (χ1v) is 8.39. The van der Waals surface area contributed by atoms with Crippen molar-refractivity contribution >= 4 is 34.8 Å². The predicted molar refractivity (Wildman–Crippen MR) is 99.0 cm³/mol. The highest BCUT2D eigenvalue weighted by atomic mass is 35.5. The molecule has 25 heavy (non-hydrogen) atoms. The average Bonchev–Trinajstić information content (AvgIpc) is 2.59. The topological polar surface area (TPSA) is 56.8 Å². The number of carbonyl (C=O) groups excluding carboxylic acids is 1. The molecule has 0 aliphatic rings. The molecule has 0 radical (unpaired) electrons. The molecule has 0 heterocycles. The Morgan fingerprint density at radius 1 is 1.12 bits per heavy atom. The molecule has 0 fully saturated rings. The number of hydrogen-bond acceptors (Lipinski definition) is 4. The van der Waals surface area contributed by atoms with E-state index >= 15 is 0 Å². The summed E-state index contributed by atoms with van der Waals surface area (Å²) in [6, 6.07) is 11.9. The molecule has 2 aromatic carbocycles. The molecule has 0 bridgehead atoms. The van der Waals surface area contributed by atoms with Crippen molar-refractivity contribution in [3.63, 3.8) is 0 Å². The van der Waals surface area contributed by atoms with Gasteiger partial charge in [-0.3, -0.25) is 4.79 Å². The van der Waals surface area contributed by atoms with Crippen molar-refractivity contribution in [2.45, 2.75) is 13.0 Å². The van der Waals surface area contributed by atoms with Gasteiger partial charge in [-0.15, -0.1) is 0 Å². The number of ether oxygens (including phenoxy) is 3. The number of anilines is 1. The van der Waals surface area contributed by atoms with Crippen LogP contribution < -0.4 is 14.8 Å². The Labute approximate surface area is 156 Å². The van der Waals surface area contributed by atoms with Crippen LogP contribution in [-0.2, 0) is 9.53 Å². The monoisotopic (exact) mass is 383 g/mol. The lowest BCUT2D eigenvalue weighted by Crippen LogP contribution is -2.30. The Bertz CT molecular complexity index is 707. The fraction of sp³-hybridized carbons (Fsp3) is 0.278. The number of nitrogens with one attached hydrogen (secondary N) is 1. The molecule has 0 aliphatic heterocycles. The van der Waals surface area contributed by atoms with E-state index in [1.54, 1.807) is 56.5 Å². The predicted octanol–water partition coefficient (Wildman–Crippen LogP) is 4.42. The van der Waals surface area contributed by atoms with Crippen LogP contribution in [0.15, 0.2) is 42.5 Å². The Hall–Kier alpha value is -1.95. The quantitative estimate of drug-likeness (QED) is 0.685. The van der Waals surface area contributed by atoms with Gasteiger partial charge in [-0.05, 0) is 49.4 Å². The first kappa shape index (κ1) is 19.4. The standard InChI is InChI=1S/C18H19Cl2NO4/c1-12(25-17-8-3-13(19)11-16(17)20)18(22)21-14-4-6-15(7-5-14)24-10-9-23-2/h3-8,11-12H,9-10H2,1-2H3,(H,21,22). The number of benzene rings is 2. The SMILES string of the molecule is COCCOc1ccc(NC(=O)C(C)Oc2ccc(Cl)cc2Cl)cc1. The second kappa shape index (κ2) is 9.51. The number of methoxy groups -OCH3 is 1. The molecule has 0 aromatic heterocycles. The highest BCUT2D eigenvalue weighted by molar-refractivity contribution is 6.35. The van der Waals surface area contributed by atoms with Crippen LogP contribution in [0.4, 0.5) is 5.69 Å². The lowest BCUT2D eigenvalue weighted by atomic mass is 10.2. The minimum Gasteiger partial charge on any atom is -0.491 e. The number of hydrogen-bond donors (Lipinski definition) is 1. The second-order valence-electron chi connectivity index (χ2n) is 5.19. The average molecular weight is 384 g/mol. The van der Waals surface area contributed by atoms with Crippen LogP contribution in [0, 0.1) is 0 Å². The third-order valence-corrected chi connectivity index (χ3v) is 3.78. The van der Waals surface area contributed by atoms with E-state index in [1.807, 2.05) is 0 Å². The summed E-state index contributed by atoms with van der Waals surface area (Å²) in [5, 5.41) is 3.63. The van der Waals surface area contributed by atoms with Crippen LogP contribution in [0.2, 0.25) is 10.0 Å². The minimum absolute atomic E-state index is 0.293. The maximum Gasteiger partial charge on any atom is 0.265 e. The van der Waals surface area contributed by atoms with Crippen LogP contribution in [0.1, 0.15) is 6.92 Å². The van der Waals surface area contributed by atoms with E-state index in [0.717, 1.165) is 0 Å². The summed E-state index contributed by atoms with van der Waals surface area (Å²) in [5.74, 6) is 0.807. The third kappa shape index (κ3) is 6.12. The summed E-state index contributed by atoms with van der Waals surface area (Å²) in [4.78, 5) is 12.2. The van der Waals surface area contributed by atoms with Gasteiger partial charge in [-0.1, -0.05) is 23.2 Å². The molecule has 0 spiro atoms. The number of amides is 1. The zero-order valence-electron chi connectivity index (χ0n) is 13.9. The van der Waals surface area contributed by atoms with Gasteiger partial charge >= 0.3 is 0 Å². The van der Waals surface area contributed by atoms with E-state index in [4.69, 9.17) is 37.4 Å². The third-order valence-electron chi connectivity index (χ3n) is 3.24. The summed E-state index contributed by atoms with van der Waals surface area (Å²) in [7, 11) is 1.61. The maximum atomic E-state index is 12.2. The molecule has 7 heteroatoms. The van der Waals surface area contributed by atoms with Crippen molar-refractivity contribution in [1.29, 1.82) is 0 Å². The fourth-order valence-corrected chi connectivity index (χ4v) is 2.39. The van der Waals surface area contributed by atoms with Crippen molar-refractivity contribution in [1.82, 2.24) is 0 Å². The molecular formula is C18H19Cl2NO4. The molecule has 1 atom stereocenters. The number of rotatable bonds is 8. The van der Waals surface area contributed by atoms with Crippen LogP contribution >= 0.6 is 23.2 Å². The summed E-state index contributed by atoms with van der Waals surface area (Å²) in [6.07, 6.45) is -0.726. The molecule has 0 saturated carbocycles. The van der Waals surface area contributed by atoms with Crippen molar-refractivity contribution in [3.8, 4) is 11.5 Å². The highest BCUT2D eigenvalue weighted by Gasteiger charge is 2.16. The smallest absolute Gasteiger partial charge is 0.265 e. The van der Waals surface area contributed by atoms with E-state index in [-0.39, 0.29) is 5.91 Å². The van der Waals surface area contributed by atoms with Gasteiger partial charge in [-0.2, -0.15) is 0 Å². The summed E-state index contributed by atoms with van der Waals surface area (Å²) >= 11 is 11.9. The molecular weight excluding hydrogens is 365 g/mol. The minimum atomic E-state index is -0.726. The normalized spacial score (nSPS) is 11.7. The van der Waals surface area contributed by atoms with Crippen molar-refractivity contribution in [2.75, 3.05) is 25.6 Å². The van der Waals surface area contributed by atoms with Gasteiger partial charge in [0.15, 0.2) is 6.10 Å². The first-order valence-electron chi connectivity index (χ1n) is 7.64. The van der Waals surface area contributed by atoms with Crippen molar-refractivity contribution in [2.24, 2.45) is 0 Å². The zero-order valence-corrected chi connectivity index (χ0v) is 15.4. The lowest BCUT2D eigenvalue weighted by molar-refractivity contribution is -0.122. The highest BCUT2D eigenvalue weighted by Crippen LogP contribution is 2.28. The molecule has 0 aliphatic carbocycles.